The lowest BCUT2D eigenvalue weighted by atomic mass is 9.82. The molecule has 0 N–H and O–H groups in total. The first kappa shape index (κ1) is 17.5. The third-order valence-electron chi connectivity index (χ3n) is 4.95. The van der Waals surface area contributed by atoms with Crippen molar-refractivity contribution in [2.24, 2.45) is 0 Å². The summed E-state index contributed by atoms with van der Waals surface area (Å²) < 4.78 is 0. The van der Waals surface area contributed by atoms with E-state index in [0.29, 0.717) is 11.8 Å². The summed E-state index contributed by atoms with van der Waals surface area (Å²) in [7, 11) is 0. The molecular weight excluding hydrogens is 300 g/mol. The Morgan fingerprint density at radius 3 is 1.28 bits per heavy atom. The molecule has 0 saturated heterocycles. The minimum atomic E-state index is 0.276. The lowest BCUT2D eigenvalue weighted by molar-refractivity contribution is 0.849. The lowest BCUT2D eigenvalue weighted by Crippen LogP contribution is -2.05. The Labute approximate surface area is 152 Å². The normalized spacial score (nSPS) is 11.5. The van der Waals surface area contributed by atoms with Crippen molar-refractivity contribution in [2.45, 2.75) is 45.4 Å². The lowest BCUT2D eigenvalue weighted by Gasteiger charge is -2.21. The Morgan fingerprint density at radius 2 is 0.840 bits per heavy atom. The van der Waals surface area contributed by atoms with Crippen molar-refractivity contribution in [2.75, 3.05) is 0 Å². The molecule has 0 fully saturated rings. The zero-order valence-corrected chi connectivity index (χ0v) is 15.7. The van der Waals surface area contributed by atoms with Crippen LogP contribution in [0.5, 0.6) is 0 Å². The Hall–Kier alpha value is -2.34. The van der Waals surface area contributed by atoms with E-state index >= 15 is 0 Å². The zero-order chi connectivity index (χ0) is 17.8. The summed E-state index contributed by atoms with van der Waals surface area (Å²) in [6.45, 7) is 9.04. The van der Waals surface area contributed by atoms with E-state index in [2.05, 4.69) is 107 Å². The highest BCUT2D eigenvalue weighted by Gasteiger charge is 2.18. The summed E-state index contributed by atoms with van der Waals surface area (Å²) in [6.07, 6.45) is 0. The first-order valence-electron chi connectivity index (χ1n) is 9.31. The van der Waals surface area contributed by atoms with E-state index in [1.54, 1.807) is 0 Å². The average molecular weight is 328 g/mol. The van der Waals surface area contributed by atoms with Gasteiger partial charge in [0.05, 0.1) is 0 Å². The molecule has 0 aliphatic rings. The molecule has 3 aromatic rings. The smallest absolute Gasteiger partial charge is 0.0340 e. The number of hydrogen-bond acceptors (Lipinski definition) is 0. The molecule has 3 aromatic carbocycles. The molecule has 0 aliphatic carbocycles. The minimum absolute atomic E-state index is 0.276. The Morgan fingerprint density at radius 1 is 0.440 bits per heavy atom. The molecule has 3 rings (SSSR count). The van der Waals surface area contributed by atoms with E-state index in [4.69, 9.17) is 0 Å². The molecule has 128 valence electrons. The van der Waals surface area contributed by atoms with Gasteiger partial charge in [0.15, 0.2) is 0 Å². The topological polar surface area (TPSA) is 0 Å². The highest BCUT2D eigenvalue weighted by atomic mass is 14.2. The number of benzene rings is 3. The Bertz CT molecular complexity index is 761. The summed E-state index contributed by atoms with van der Waals surface area (Å²) in [6, 6.07) is 29.0. The van der Waals surface area contributed by atoms with E-state index in [9.17, 15) is 0 Å². The molecule has 0 atom stereocenters. The van der Waals surface area contributed by atoms with Crippen molar-refractivity contribution < 1.29 is 0 Å². The third-order valence-corrected chi connectivity index (χ3v) is 4.95. The third kappa shape index (κ3) is 4.02. The molecule has 0 spiro atoms. The van der Waals surface area contributed by atoms with Crippen LogP contribution in [-0.2, 0) is 0 Å². The standard InChI is InChI=1S/C25H28/c1-18(2)21-12-8-14-23(16-21)25(20-10-6-5-7-11-20)24-15-9-13-22(17-24)19(3)4/h5-19,25H,1-4H3. The summed E-state index contributed by atoms with van der Waals surface area (Å²) in [5.41, 5.74) is 6.90. The molecular formula is C25H28. The average Bonchev–Trinajstić information content (AvgIpc) is 2.63. The van der Waals surface area contributed by atoms with Gasteiger partial charge in [-0.2, -0.15) is 0 Å². The van der Waals surface area contributed by atoms with Gasteiger partial charge in [-0.05, 0) is 39.7 Å². The quantitative estimate of drug-likeness (QED) is 0.438. The summed E-state index contributed by atoms with van der Waals surface area (Å²) in [4.78, 5) is 0. The van der Waals surface area contributed by atoms with Crippen molar-refractivity contribution in [3.05, 3.63) is 107 Å². The molecule has 0 aliphatic heterocycles. The second-order valence-corrected chi connectivity index (χ2v) is 7.49. The number of rotatable bonds is 5. The first-order valence-corrected chi connectivity index (χ1v) is 9.31. The molecule has 0 unspecified atom stereocenters. The van der Waals surface area contributed by atoms with Crippen LogP contribution in [0.4, 0.5) is 0 Å². The second-order valence-electron chi connectivity index (χ2n) is 7.49. The van der Waals surface area contributed by atoms with Crippen LogP contribution in [0.25, 0.3) is 0 Å². The second kappa shape index (κ2) is 7.70. The van der Waals surface area contributed by atoms with E-state index in [1.165, 1.54) is 27.8 Å². The van der Waals surface area contributed by atoms with Crippen LogP contribution in [0.1, 0.15) is 73.3 Å². The van der Waals surface area contributed by atoms with E-state index in [-0.39, 0.29) is 5.92 Å². The Kier molecular flexibility index (Phi) is 5.38. The van der Waals surface area contributed by atoms with Crippen molar-refractivity contribution in [3.8, 4) is 0 Å². The first-order chi connectivity index (χ1) is 12.1. The van der Waals surface area contributed by atoms with Gasteiger partial charge < -0.3 is 0 Å². The maximum atomic E-state index is 2.38. The van der Waals surface area contributed by atoms with Crippen LogP contribution < -0.4 is 0 Å². The van der Waals surface area contributed by atoms with Gasteiger partial charge >= 0.3 is 0 Å². The molecule has 0 bridgehead atoms. The summed E-state index contributed by atoms with van der Waals surface area (Å²) in [5, 5.41) is 0. The summed E-state index contributed by atoms with van der Waals surface area (Å²) in [5.74, 6) is 1.36. The fourth-order valence-electron chi connectivity index (χ4n) is 3.42. The van der Waals surface area contributed by atoms with Crippen molar-refractivity contribution in [1.29, 1.82) is 0 Å². The van der Waals surface area contributed by atoms with Gasteiger partial charge in [0.25, 0.3) is 0 Å². The van der Waals surface area contributed by atoms with Crippen LogP contribution in [0.15, 0.2) is 78.9 Å². The van der Waals surface area contributed by atoms with Gasteiger partial charge in [0, 0.05) is 5.92 Å². The van der Waals surface area contributed by atoms with Crippen molar-refractivity contribution in [1.82, 2.24) is 0 Å². The van der Waals surface area contributed by atoms with E-state index in [0.717, 1.165) is 0 Å². The molecule has 0 amide bonds. The number of hydrogen-bond donors (Lipinski definition) is 0. The maximum Gasteiger partial charge on any atom is 0.0340 e. The van der Waals surface area contributed by atoms with E-state index in [1.807, 2.05) is 0 Å². The van der Waals surface area contributed by atoms with Gasteiger partial charge in [0.1, 0.15) is 0 Å². The SMILES string of the molecule is CC(C)c1cccc(C(c2ccccc2)c2cccc(C(C)C)c2)c1. The van der Waals surface area contributed by atoms with Crippen LogP contribution in [-0.4, -0.2) is 0 Å². The molecule has 0 heteroatoms. The monoisotopic (exact) mass is 328 g/mol. The van der Waals surface area contributed by atoms with Crippen LogP contribution >= 0.6 is 0 Å². The fraction of sp³-hybridized carbons (Fsp3) is 0.280. The van der Waals surface area contributed by atoms with Crippen molar-refractivity contribution >= 4 is 0 Å². The highest BCUT2D eigenvalue weighted by molar-refractivity contribution is 5.45. The van der Waals surface area contributed by atoms with Gasteiger partial charge in [-0.3, -0.25) is 0 Å². The maximum absolute atomic E-state index is 2.38. The van der Waals surface area contributed by atoms with Gasteiger partial charge in [-0.15, -0.1) is 0 Å². The fourth-order valence-corrected chi connectivity index (χ4v) is 3.42. The van der Waals surface area contributed by atoms with Gasteiger partial charge in [-0.25, -0.2) is 0 Å². The molecule has 0 saturated carbocycles. The highest BCUT2D eigenvalue weighted by Crippen LogP contribution is 2.34. The van der Waals surface area contributed by atoms with Gasteiger partial charge in [0.2, 0.25) is 0 Å². The van der Waals surface area contributed by atoms with Crippen LogP contribution in [0, 0.1) is 0 Å². The minimum Gasteiger partial charge on any atom is -0.0622 e. The predicted molar refractivity (Wildman–Crippen MR) is 108 cm³/mol. The zero-order valence-electron chi connectivity index (χ0n) is 15.7. The Balaban J connectivity index is 2.14. The van der Waals surface area contributed by atoms with Crippen LogP contribution in [0.2, 0.25) is 0 Å². The molecule has 0 nitrogen and oxygen atoms in total. The van der Waals surface area contributed by atoms with E-state index < -0.39 is 0 Å². The molecule has 0 radical (unpaired) electrons. The molecule has 0 aromatic heterocycles. The van der Waals surface area contributed by atoms with Gasteiger partial charge in [-0.1, -0.05) is 107 Å². The van der Waals surface area contributed by atoms with Crippen molar-refractivity contribution in [3.63, 3.8) is 0 Å². The predicted octanol–water partition coefficient (Wildman–Crippen LogP) is 7.11. The molecule has 25 heavy (non-hydrogen) atoms. The summed E-state index contributed by atoms with van der Waals surface area (Å²) >= 11 is 0. The largest absolute Gasteiger partial charge is 0.0622 e. The molecule has 0 heterocycles. The van der Waals surface area contributed by atoms with Crippen LogP contribution in [0.3, 0.4) is 0 Å².